The van der Waals surface area contributed by atoms with E-state index in [1.165, 1.54) is 0 Å². The standard InChI is InChI=1S/C35H34N2O6S/c1-3-34(38)42-23-21-40-30-13-7-27(8-14-30)37(28-9-15-31(16-10-28)41-22-24-43-35(39)4-2)29-11-19-33(20-12-29)44-32-17-5-26(25-36)6-18-32/h5-20H,3-4,21-24H2,1-2H3. The first-order valence-corrected chi connectivity index (χ1v) is 15.2. The topological polar surface area (TPSA) is 98.1 Å². The van der Waals surface area contributed by atoms with Crippen LogP contribution in [-0.2, 0) is 19.1 Å². The molecular formula is C35H34N2O6S. The van der Waals surface area contributed by atoms with Crippen molar-refractivity contribution < 1.29 is 28.5 Å². The molecule has 0 saturated carbocycles. The van der Waals surface area contributed by atoms with Gasteiger partial charge in [0.15, 0.2) is 0 Å². The van der Waals surface area contributed by atoms with E-state index in [1.807, 2.05) is 72.8 Å². The maximum Gasteiger partial charge on any atom is 0.305 e. The number of carbonyl (C=O) groups excluding carboxylic acids is 2. The minimum atomic E-state index is -0.253. The fourth-order valence-corrected chi connectivity index (χ4v) is 4.88. The van der Waals surface area contributed by atoms with E-state index in [0.717, 1.165) is 26.9 Å². The molecule has 4 aromatic rings. The van der Waals surface area contributed by atoms with Crippen molar-refractivity contribution in [3.8, 4) is 17.6 Å². The summed E-state index contributed by atoms with van der Waals surface area (Å²) >= 11 is 1.62. The van der Waals surface area contributed by atoms with Crippen LogP contribution >= 0.6 is 11.8 Å². The highest BCUT2D eigenvalue weighted by Crippen LogP contribution is 2.37. The van der Waals surface area contributed by atoms with Gasteiger partial charge in [-0.15, -0.1) is 0 Å². The van der Waals surface area contributed by atoms with Crippen LogP contribution in [0.15, 0.2) is 107 Å². The van der Waals surface area contributed by atoms with Gasteiger partial charge in [0, 0.05) is 39.7 Å². The Bertz CT molecular complexity index is 1470. The zero-order valence-corrected chi connectivity index (χ0v) is 25.5. The van der Waals surface area contributed by atoms with Crippen LogP contribution in [0, 0.1) is 11.3 Å². The molecule has 0 bridgehead atoms. The summed E-state index contributed by atoms with van der Waals surface area (Å²) in [6.45, 7) is 4.44. The van der Waals surface area contributed by atoms with Crippen molar-refractivity contribution in [3.05, 3.63) is 103 Å². The van der Waals surface area contributed by atoms with E-state index in [2.05, 4.69) is 35.2 Å². The Hall–Kier alpha value is -4.94. The Kier molecular flexibility index (Phi) is 12.1. The van der Waals surface area contributed by atoms with Crippen LogP contribution in [0.2, 0.25) is 0 Å². The molecule has 0 spiro atoms. The smallest absolute Gasteiger partial charge is 0.305 e. The lowest BCUT2D eigenvalue weighted by Gasteiger charge is -2.26. The van der Waals surface area contributed by atoms with Gasteiger partial charge in [-0.05, 0) is 97.1 Å². The molecule has 226 valence electrons. The normalized spacial score (nSPS) is 10.4. The average Bonchev–Trinajstić information content (AvgIpc) is 3.07. The molecule has 44 heavy (non-hydrogen) atoms. The monoisotopic (exact) mass is 610 g/mol. The third kappa shape index (κ3) is 9.54. The summed E-state index contributed by atoms with van der Waals surface area (Å²) in [6, 6.07) is 33.3. The fraction of sp³-hybridized carbons (Fsp3) is 0.229. The summed E-state index contributed by atoms with van der Waals surface area (Å²) in [5.41, 5.74) is 3.42. The van der Waals surface area contributed by atoms with Gasteiger partial charge in [0.05, 0.1) is 11.6 Å². The van der Waals surface area contributed by atoms with Crippen molar-refractivity contribution in [3.63, 3.8) is 0 Å². The number of nitrogens with zero attached hydrogens (tertiary/aromatic N) is 2. The van der Waals surface area contributed by atoms with Gasteiger partial charge in [-0.3, -0.25) is 9.59 Å². The van der Waals surface area contributed by atoms with Crippen LogP contribution in [0.3, 0.4) is 0 Å². The second-order valence-corrected chi connectivity index (χ2v) is 10.5. The van der Waals surface area contributed by atoms with Gasteiger partial charge in [0.1, 0.15) is 37.9 Å². The van der Waals surface area contributed by atoms with Gasteiger partial charge in [0.25, 0.3) is 0 Å². The van der Waals surface area contributed by atoms with E-state index in [-0.39, 0.29) is 38.4 Å². The Labute approximate surface area is 262 Å². The van der Waals surface area contributed by atoms with E-state index in [4.69, 9.17) is 24.2 Å². The molecule has 0 N–H and O–H groups in total. The molecule has 8 nitrogen and oxygen atoms in total. The third-order valence-electron chi connectivity index (χ3n) is 6.31. The fourth-order valence-electron chi connectivity index (χ4n) is 4.06. The summed E-state index contributed by atoms with van der Waals surface area (Å²) in [4.78, 5) is 26.9. The second kappa shape index (κ2) is 16.6. The second-order valence-electron chi connectivity index (χ2n) is 9.40. The molecule has 0 heterocycles. The lowest BCUT2D eigenvalue weighted by Crippen LogP contribution is -2.12. The molecule has 0 atom stereocenters. The number of ether oxygens (including phenoxy) is 4. The van der Waals surface area contributed by atoms with Crippen molar-refractivity contribution in [1.82, 2.24) is 0 Å². The number of benzene rings is 4. The Morgan fingerprint density at radius 1 is 0.614 bits per heavy atom. The predicted molar refractivity (Wildman–Crippen MR) is 170 cm³/mol. The highest BCUT2D eigenvalue weighted by atomic mass is 32.2. The molecule has 0 unspecified atom stereocenters. The van der Waals surface area contributed by atoms with Gasteiger partial charge in [0.2, 0.25) is 0 Å². The molecule has 0 aliphatic rings. The number of carbonyl (C=O) groups is 2. The summed E-state index contributed by atoms with van der Waals surface area (Å²) < 4.78 is 21.7. The van der Waals surface area contributed by atoms with Gasteiger partial charge in [-0.25, -0.2) is 0 Å². The van der Waals surface area contributed by atoms with E-state index in [0.29, 0.717) is 29.9 Å². The average molecular weight is 611 g/mol. The Morgan fingerprint density at radius 3 is 1.39 bits per heavy atom. The number of esters is 2. The molecule has 0 aliphatic heterocycles. The summed E-state index contributed by atoms with van der Waals surface area (Å²) in [6.07, 6.45) is 0.669. The Balaban J connectivity index is 1.50. The molecule has 0 aromatic heterocycles. The van der Waals surface area contributed by atoms with E-state index < -0.39 is 0 Å². The number of hydrogen-bond donors (Lipinski definition) is 0. The molecule has 0 fully saturated rings. The lowest BCUT2D eigenvalue weighted by molar-refractivity contribution is -0.144. The minimum Gasteiger partial charge on any atom is -0.490 e. The van der Waals surface area contributed by atoms with Gasteiger partial charge in [-0.1, -0.05) is 25.6 Å². The number of nitriles is 1. The van der Waals surface area contributed by atoms with Crippen LogP contribution in [0.25, 0.3) is 0 Å². The van der Waals surface area contributed by atoms with Crippen LogP contribution in [0.1, 0.15) is 32.3 Å². The predicted octanol–water partition coefficient (Wildman–Crippen LogP) is 7.84. The third-order valence-corrected chi connectivity index (χ3v) is 7.33. The van der Waals surface area contributed by atoms with Crippen molar-refractivity contribution in [2.24, 2.45) is 0 Å². The first kappa shape index (κ1) is 32.0. The SMILES string of the molecule is CCC(=O)OCCOc1ccc(N(c2ccc(OCCOC(=O)CC)cc2)c2ccc(Sc3ccc(C#N)cc3)cc2)cc1. The lowest BCUT2D eigenvalue weighted by atomic mass is 10.2. The van der Waals surface area contributed by atoms with Crippen LogP contribution in [-0.4, -0.2) is 38.4 Å². The quantitative estimate of drug-likeness (QED) is 0.0984. The maximum atomic E-state index is 11.4. The molecule has 4 aromatic carbocycles. The number of anilines is 3. The molecule has 0 amide bonds. The Morgan fingerprint density at radius 2 is 1.00 bits per heavy atom. The van der Waals surface area contributed by atoms with Gasteiger partial charge in [-0.2, -0.15) is 5.26 Å². The largest absolute Gasteiger partial charge is 0.490 e. The molecule has 9 heteroatoms. The van der Waals surface area contributed by atoms with Crippen molar-refractivity contribution in [1.29, 1.82) is 5.26 Å². The van der Waals surface area contributed by atoms with Crippen molar-refractivity contribution >= 4 is 40.8 Å². The van der Waals surface area contributed by atoms with Crippen molar-refractivity contribution in [2.75, 3.05) is 31.3 Å². The molecule has 0 aliphatic carbocycles. The number of hydrogen-bond acceptors (Lipinski definition) is 9. The van der Waals surface area contributed by atoms with E-state index in [1.54, 1.807) is 25.6 Å². The molecular weight excluding hydrogens is 576 g/mol. The minimum absolute atomic E-state index is 0.197. The first-order chi connectivity index (χ1) is 21.5. The zero-order valence-electron chi connectivity index (χ0n) is 24.7. The van der Waals surface area contributed by atoms with Crippen LogP contribution < -0.4 is 14.4 Å². The molecule has 0 saturated heterocycles. The summed E-state index contributed by atoms with van der Waals surface area (Å²) in [5, 5.41) is 9.06. The van der Waals surface area contributed by atoms with E-state index in [9.17, 15) is 9.59 Å². The molecule has 4 rings (SSSR count). The van der Waals surface area contributed by atoms with E-state index >= 15 is 0 Å². The van der Waals surface area contributed by atoms with Gasteiger partial charge < -0.3 is 23.8 Å². The van der Waals surface area contributed by atoms with Crippen molar-refractivity contribution in [2.45, 2.75) is 36.5 Å². The zero-order chi connectivity index (χ0) is 31.1. The maximum absolute atomic E-state index is 11.4. The summed E-state index contributed by atoms with van der Waals surface area (Å²) in [5.74, 6) is 0.834. The molecule has 0 radical (unpaired) electrons. The highest BCUT2D eigenvalue weighted by molar-refractivity contribution is 7.99. The number of rotatable bonds is 15. The van der Waals surface area contributed by atoms with Crippen LogP contribution in [0.4, 0.5) is 17.1 Å². The summed E-state index contributed by atoms with van der Waals surface area (Å²) in [7, 11) is 0. The van der Waals surface area contributed by atoms with Crippen LogP contribution in [0.5, 0.6) is 11.5 Å². The van der Waals surface area contributed by atoms with Gasteiger partial charge >= 0.3 is 11.9 Å². The highest BCUT2D eigenvalue weighted by Gasteiger charge is 2.14. The first-order valence-electron chi connectivity index (χ1n) is 14.3.